The molecule has 0 bridgehead atoms. The van der Waals surface area contributed by atoms with E-state index in [1.165, 1.54) is 0 Å². The first-order chi connectivity index (χ1) is 12.2. The number of methoxy groups -OCH3 is 1. The normalized spacial score (nSPS) is 16.0. The molecule has 0 saturated carbocycles. The fourth-order valence-electron chi connectivity index (χ4n) is 3.54. The van der Waals surface area contributed by atoms with Crippen molar-refractivity contribution < 1.29 is 14.6 Å². The number of nitrogens with zero attached hydrogens (tertiary/aromatic N) is 1. The number of hydrogen-bond acceptors (Lipinski definition) is 3. The van der Waals surface area contributed by atoms with Crippen LogP contribution in [-0.2, 0) is 15.1 Å². The van der Waals surface area contributed by atoms with E-state index in [1.807, 2.05) is 60.7 Å². The Labute approximate surface area is 149 Å². The van der Waals surface area contributed by atoms with Gasteiger partial charge in [-0.3, -0.25) is 4.79 Å². The van der Waals surface area contributed by atoms with Crippen molar-refractivity contribution in [2.24, 2.45) is 5.92 Å². The van der Waals surface area contributed by atoms with E-state index in [1.54, 1.807) is 12.0 Å². The van der Waals surface area contributed by atoms with Gasteiger partial charge in [0.15, 0.2) is 5.60 Å². The lowest BCUT2D eigenvalue weighted by Gasteiger charge is -2.38. The lowest BCUT2D eigenvalue weighted by Crippen LogP contribution is -2.50. The van der Waals surface area contributed by atoms with Gasteiger partial charge in [-0.25, -0.2) is 0 Å². The van der Waals surface area contributed by atoms with E-state index < -0.39 is 5.60 Å². The Morgan fingerprint density at radius 2 is 1.52 bits per heavy atom. The molecule has 1 aliphatic rings. The summed E-state index contributed by atoms with van der Waals surface area (Å²) in [5.74, 6) is 0.233. The lowest BCUT2D eigenvalue weighted by atomic mass is 9.84. The number of hydrogen-bond donors (Lipinski definition) is 1. The van der Waals surface area contributed by atoms with Crippen molar-refractivity contribution in [3.63, 3.8) is 0 Å². The second kappa shape index (κ2) is 7.81. The van der Waals surface area contributed by atoms with Crippen molar-refractivity contribution in [1.82, 2.24) is 4.90 Å². The molecule has 0 spiro atoms. The van der Waals surface area contributed by atoms with Crippen LogP contribution < -0.4 is 0 Å². The molecule has 0 unspecified atom stereocenters. The first-order valence-electron chi connectivity index (χ1n) is 8.78. The average molecular weight is 339 g/mol. The van der Waals surface area contributed by atoms with Crippen LogP contribution in [0.2, 0.25) is 0 Å². The molecule has 1 heterocycles. The number of piperidine rings is 1. The Balaban J connectivity index is 1.89. The Morgan fingerprint density at radius 1 is 1.04 bits per heavy atom. The third-order valence-corrected chi connectivity index (χ3v) is 5.00. The van der Waals surface area contributed by atoms with Crippen molar-refractivity contribution >= 4 is 5.91 Å². The minimum Gasteiger partial charge on any atom is -0.384 e. The Bertz CT molecular complexity index is 639. The molecule has 132 valence electrons. The summed E-state index contributed by atoms with van der Waals surface area (Å²) in [6, 6.07) is 18.4. The summed E-state index contributed by atoms with van der Waals surface area (Å²) >= 11 is 0. The van der Waals surface area contributed by atoms with E-state index in [0.29, 0.717) is 30.1 Å². The highest BCUT2D eigenvalue weighted by Crippen LogP contribution is 2.33. The SMILES string of the molecule is COCC1CCN(C(=O)C(O)(c2ccccc2)c2ccccc2)CC1. The molecule has 3 rings (SSSR count). The minimum atomic E-state index is -1.66. The summed E-state index contributed by atoms with van der Waals surface area (Å²) in [6.07, 6.45) is 1.80. The molecule has 2 aromatic carbocycles. The second-order valence-corrected chi connectivity index (χ2v) is 6.63. The fourth-order valence-corrected chi connectivity index (χ4v) is 3.54. The van der Waals surface area contributed by atoms with Gasteiger partial charge < -0.3 is 14.7 Å². The van der Waals surface area contributed by atoms with E-state index in [2.05, 4.69) is 0 Å². The zero-order valence-electron chi connectivity index (χ0n) is 14.6. The predicted molar refractivity (Wildman–Crippen MR) is 97.1 cm³/mol. The Kier molecular flexibility index (Phi) is 5.51. The van der Waals surface area contributed by atoms with Gasteiger partial charge >= 0.3 is 0 Å². The quantitative estimate of drug-likeness (QED) is 0.911. The molecule has 0 aliphatic carbocycles. The van der Waals surface area contributed by atoms with Crippen molar-refractivity contribution in [2.45, 2.75) is 18.4 Å². The van der Waals surface area contributed by atoms with Crippen LogP contribution >= 0.6 is 0 Å². The maximum absolute atomic E-state index is 13.3. The second-order valence-electron chi connectivity index (χ2n) is 6.63. The molecule has 1 amide bonds. The first kappa shape index (κ1) is 17.6. The molecular weight excluding hydrogens is 314 g/mol. The number of benzene rings is 2. The molecule has 2 aromatic rings. The van der Waals surface area contributed by atoms with Gasteiger partial charge in [0.1, 0.15) is 0 Å². The van der Waals surface area contributed by atoms with E-state index >= 15 is 0 Å². The molecule has 4 nitrogen and oxygen atoms in total. The van der Waals surface area contributed by atoms with Crippen LogP contribution in [0.25, 0.3) is 0 Å². The number of aliphatic hydroxyl groups is 1. The van der Waals surface area contributed by atoms with Crippen LogP contribution in [0.5, 0.6) is 0 Å². The number of amides is 1. The van der Waals surface area contributed by atoms with E-state index in [9.17, 15) is 9.90 Å². The highest BCUT2D eigenvalue weighted by Gasteiger charge is 2.43. The minimum absolute atomic E-state index is 0.249. The van der Waals surface area contributed by atoms with Crippen LogP contribution in [0.4, 0.5) is 0 Å². The highest BCUT2D eigenvalue weighted by molar-refractivity contribution is 5.90. The van der Waals surface area contributed by atoms with Crippen molar-refractivity contribution in [1.29, 1.82) is 0 Å². The van der Waals surface area contributed by atoms with Crippen molar-refractivity contribution in [2.75, 3.05) is 26.8 Å². The van der Waals surface area contributed by atoms with Crippen LogP contribution in [0, 0.1) is 5.92 Å². The average Bonchev–Trinajstić information content (AvgIpc) is 2.69. The topological polar surface area (TPSA) is 49.8 Å². The smallest absolute Gasteiger partial charge is 0.263 e. The van der Waals surface area contributed by atoms with Crippen LogP contribution in [0.15, 0.2) is 60.7 Å². The van der Waals surface area contributed by atoms with E-state index in [0.717, 1.165) is 19.4 Å². The monoisotopic (exact) mass is 339 g/mol. The van der Waals surface area contributed by atoms with Crippen LogP contribution in [0.3, 0.4) is 0 Å². The van der Waals surface area contributed by atoms with Gasteiger partial charge in [0.05, 0.1) is 0 Å². The first-order valence-corrected chi connectivity index (χ1v) is 8.78. The number of rotatable bonds is 5. The Hall–Kier alpha value is -2.17. The molecular formula is C21H25NO3. The van der Waals surface area contributed by atoms with Gasteiger partial charge in [0, 0.05) is 26.8 Å². The maximum atomic E-state index is 13.3. The molecule has 1 N–H and O–H groups in total. The largest absolute Gasteiger partial charge is 0.384 e. The summed E-state index contributed by atoms with van der Waals surface area (Å²) in [5, 5.41) is 11.5. The van der Waals surface area contributed by atoms with Gasteiger partial charge in [-0.05, 0) is 29.9 Å². The Morgan fingerprint density at radius 3 is 1.96 bits per heavy atom. The molecule has 1 saturated heterocycles. The lowest BCUT2D eigenvalue weighted by molar-refractivity contribution is -0.149. The molecule has 1 aliphatic heterocycles. The fraction of sp³-hybridized carbons (Fsp3) is 0.381. The van der Waals surface area contributed by atoms with Crippen molar-refractivity contribution in [3.05, 3.63) is 71.8 Å². The van der Waals surface area contributed by atoms with Gasteiger partial charge in [-0.2, -0.15) is 0 Å². The summed E-state index contributed by atoms with van der Waals surface area (Å²) in [6.45, 7) is 2.02. The molecule has 0 radical (unpaired) electrons. The molecule has 0 aromatic heterocycles. The summed E-state index contributed by atoms with van der Waals surface area (Å²) in [4.78, 5) is 15.1. The highest BCUT2D eigenvalue weighted by atomic mass is 16.5. The zero-order valence-corrected chi connectivity index (χ0v) is 14.6. The van der Waals surface area contributed by atoms with Gasteiger partial charge in [0.2, 0.25) is 0 Å². The number of likely N-dealkylation sites (tertiary alicyclic amines) is 1. The molecule has 0 atom stereocenters. The molecule has 25 heavy (non-hydrogen) atoms. The molecule has 1 fully saturated rings. The molecule has 4 heteroatoms. The van der Waals surface area contributed by atoms with Crippen LogP contribution in [-0.4, -0.2) is 42.7 Å². The van der Waals surface area contributed by atoms with E-state index in [4.69, 9.17) is 4.74 Å². The van der Waals surface area contributed by atoms with Crippen LogP contribution in [0.1, 0.15) is 24.0 Å². The van der Waals surface area contributed by atoms with E-state index in [-0.39, 0.29) is 5.91 Å². The number of carbonyl (C=O) groups is 1. The maximum Gasteiger partial charge on any atom is 0.263 e. The standard InChI is InChI=1S/C21H25NO3/c1-25-16-17-12-14-22(15-13-17)20(23)21(24,18-8-4-2-5-9-18)19-10-6-3-7-11-19/h2-11,17,24H,12-16H2,1H3. The third-order valence-electron chi connectivity index (χ3n) is 5.00. The summed E-state index contributed by atoms with van der Waals surface area (Å²) in [5.41, 5.74) is -0.452. The van der Waals surface area contributed by atoms with Gasteiger partial charge in [-0.1, -0.05) is 60.7 Å². The summed E-state index contributed by atoms with van der Waals surface area (Å²) in [7, 11) is 1.71. The van der Waals surface area contributed by atoms with Crippen molar-refractivity contribution in [3.8, 4) is 0 Å². The van der Waals surface area contributed by atoms with Gasteiger partial charge in [0.25, 0.3) is 5.91 Å². The number of ether oxygens (including phenoxy) is 1. The number of carbonyl (C=O) groups excluding carboxylic acids is 1. The third kappa shape index (κ3) is 3.60. The zero-order chi connectivity index (χ0) is 17.7. The van der Waals surface area contributed by atoms with Gasteiger partial charge in [-0.15, -0.1) is 0 Å². The summed E-state index contributed by atoms with van der Waals surface area (Å²) < 4.78 is 5.23. The predicted octanol–water partition coefficient (Wildman–Crippen LogP) is 2.81.